The van der Waals surface area contributed by atoms with Gasteiger partial charge in [0.1, 0.15) is 0 Å². The Morgan fingerprint density at radius 1 is 1.25 bits per heavy atom. The molecule has 2 heterocycles. The second kappa shape index (κ2) is 4.18. The molecule has 0 spiro atoms. The Kier molecular flexibility index (Phi) is 3.86. The van der Waals surface area contributed by atoms with E-state index in [1.165, 1.54) is 12.3 Å². The van der Waals surface area contributed by atoms with Gasteiger partial charge >= 0.3 is 0 Å². The van der Waals surface area contributed by atoms with Crippen molar-refractivity contribution in [1.29, 1.82) is 0 Å². The van der Waals surface area contributed by atoms with E-state index in [-0.39, 0.29) is 30.7 Å². The summed E-state index contributed by atoms with van der Waals surface area (Å²) in [6.07, 6.45) is 6.41. The van der Waals surface area contributed by atoms with Crippen LogP contribution in [0.25, 0.3) is 0 Å². The van der Waals surface area contributed by atoms with Gasteiger partial charge in [0.25, 0.3) is 5.91 Å². The normalized spacial score (nSPS) is 17.2. The molecule has 0 unspecified atom stereocenters. The Morgan fingerprint density at radius 3 is 2.75 bits per heavy atom. The Hall–Kier alpha value is -0.930. The zero-order valence-corrected chi connectivity index (χ0v) is 7.56. The summed E-state index contributed by atoms with van der Waals surface area (Å²) in [6, 6.07) is 0. The van der Waals surface area contributed by atoms with E-state index >= 15 is 0 Å². The number of aliphatic imine (C=N–C) groups is 2. The van der Waals surface area contributed by atoms with Gasteiger partial charge in [0.05, 0.1) is 11.9 Å². The van der Waals surface area contributed by atoms with Gasteiger partial charge in [-0.2, -0.15) is 0 Å². The monoisotopic (exact) mass is 204 g/mol. The third-order valence-corrected chi connectivity index (χ3v) is 1.36. The topological polar surface area (TPSA) is 41.8 Å². The third kappa shape index (κ3) is 1.81. The van der Waals surface area contributed by atoms with Crippen LogP contribution in [0.3, 0.4) is 0 Å². The van der Waals surface area contributed by atoms with E-state index in [0.717, 1.165) is 11.3 Å². The number of halogens is 2. The number of hydrogen-bond acceptors (Lipinski definition) is 2. The molecular weight excluding hydrogens is 199 g/mol. The summed E-state index contributed by atoms with van der Waals surface area (Å²) in [5.41, 5.74) is 1.64. The number of carbonyl (C=O) groups excluding carboxylic acids is 1. The van der Waals surface area contributed by atoms with Crippen LogP contribution in [-0.4, -0.2) is 17.8 Å². The molecule has 3 nitrogen and oxygen atoms in total. The highest BCUT2D eigenvalue weighted by Gasteiger charge is 2.11. The predicted octanol–water partition coefficient (Wildman–Crippen LogP) is 1.34. The quantitative estimate of drug-likeness (QED) is 0.588. The summed E-state index contributed by atoms with van der Waals surface area (Å²) in [5.74, 6) is -0.208. The summed E-state index contributed by atoms with van der Waals surface area (Å²) in [4.78, 5) is 18.2. The molecule has 0 aromatic rings. The summed E-state index contributed by atoms with van der Waals surface area (Å²) in [6.45, 7) is 0. The molecule has 0 saturated heterocycles. The molecular formula is C7H6Cl2N2O. The highest BCUT2D eigenvalue weighted by atomic mass is 35.5. The summed E-state index contributed by atoms with van der Waals surface area (Å²) >= 11 is 0. The summed E-state index contributed by atoms with van der Waals surface area (Å²) in [7, 11) is 0. The van der Waals surface area contributed by atoms with Crippen LogP contribution in [-0.2, 0) is 4.79 Å². The van der Waals surface area contributed by atoms with Crippen molar-refractivity contribution in [2.45, 2.75) is 0 Å². The zero-order valence-electron chi connectivity index (χ0n) is 5.93. The number of carbonyl (C=O) groups is 1. The van der Waals surface area contributed by atoms with Crippen molar-refractivity contribution in [3.63, 3.8) is 0 Å². The minimum atomic E-state index is -0.208. The summed E-state index contributed by atoms with van der Waals surface area (Å²) < 4.78 is 0. The van der Waals surface area contributed by atoms with Crippen molar-refractivity contribution in [2.24, 2.45) is 9.98 Å². The predicted molar refractivity (Wildman–Crippen MR) is 52.7 cm³/mol. The zero-order chi connectivity index (χ0) is 6.97. The maximum Gasteiger partial charge on any atom is 0.270 e. The molecule has 0 saturated carbocycles. The number of nitrogens with zero attached hydrogens (tertiary/aromatic N) is 2. The van der Waals surface area contributed by atoms with Gasteiger partial charge in [0.2, 0.25) is 0 Å². The molecule has 2 aliphatic rings. The fourth-order valence-corrected chi connectivity index (χ4v) is 0.883. The van der Waals surface area contributed by atoms with Crippen LogP contribution >= 0.6 is 24.8 Å². The minimum absolute atomic E-state index is 0. The number of dihydropyridines is 1. The van der Waals surface area contributed by atoms with Gasteiger partial charge in [0.15, 0.2) is 0 Å². The number of amides is 1. The van der Waals surface area contributed by atoms with Crippen LogP contribution < -0.4 is 0 Å². The van der Waals surface area contributed by atoms with E-state index < -0.39 is 0 Å². The van der Waals surface area contributed by atoms with Gasteiger partial charge in [-0.05, 0) is 6.08 Å². The van der Waals surface area contributed by atoms with E-state index in [2.05, 4.69) is 9.98 Å². The summed E-state index contributed by atoms with van der Waals surface area (Å²) in [5, 5.41) is 0. The minimum Gasteiger partial charge on any atom is -0.267 e. The first-order valence-electron chi connectivity index (χ1n) is 2.91. The molecule has 0 aromatic heterocycles. The van der Waals surface area contributed by atoms with Crippen LogP contribution in [0.5, 0.6) is 0 Å². The Morgan fingerprint density at radius 2 is 2.00 bits per heavy atom. The lowest BCUT2D eigenvalue weighted by molar-refractivity contribution is -0.113. The molecule has 12 heavy (non-hydrogen) atoms. The van der Waals surface area contributed by atoms with Crippen molar-refractivity contribution < 1.29 is 4.79 Å². The van der Waals surface area contributed by atoms with E-state index in [4.69, 9.17) is 0 Å². The molecule has 0 fully saturated rings. The van der Waals surface area contributed by atoms with Gasteiger partial charge in [-0.25, -0.2) is 4.99 Å². The average molecular weight is 205 g/mol. The molecule has 64 valence electrons. The van der Waals surface area contributed by atoms with Gasteiger partial charge in [-0.15, -0.1) is 24.8 Å². The van der Waals surface area contributed by atoms with Crippen molar-refractivity contribution >= 4 is 42.6 Å². The largest absolute Gasteiger partial charge is 0.270 e. The smallest absolute Gasteiger partial charge is 0.267 e. The molecule has 5 heteroatoms. The molecule has 2 aliphatic heterocycles. The SMILES string of the molecule is Cl.Cl.O=C1C=C2C=CN=C2C=N1. The molecule has 0 N–H and O–H groups in total. The molecule has 0 atom stereocenters. The van der Waals surface area contributed by atoms with Crippen molar-refractivity contribution in [3.8, 4) is 0 Å². The number of allylic oxidation sites excluding steroid dienone is 2. The first kappa shape index (κ1) is 11.1. The number of hydrogen-bond donors (Lipinski definition) is 0. The van der Waals surface area contributed by atoms with E-state index in [1.54, 1.807) is 12.3 Å². The molecule has 0 radical (unpaired) electrons. The van der Waals surface area contributed by atoms with Gasteiger partial charge in [-0.1, -0.05) is 0 Å². The van der Waals surface area contributed by atoms with Crippen LogP contribution in [0, 0.1) is 0 Å². The third-order valence-electron chi connectivity index (χ3n) is 1.36. The van der Waals surface area contributed by atoms with Crippen molar-refractivity contribution in [3.05, 3.63) is 23.9 Å². The van der Waals surface area contributed by atoms with Crippen LogP contribution in [0.15, 0.2) is 33.9 Å². The standard InChI is InChI=1S/C7H4N2O.2ClH/c10-7-3-5-1-2-8-6(5)4-9-7;;/h1-4H;2*1H. The Bertz CT molecular complexity index is 315. The second-order valence-corrected chi connectivity index (χ2v) is 2.03. The lowest BCUT2D eigenvalue weighted by atomic mass is 10.1. The molecule has 0 aliphatic carbocycles. The Balaban J connectivity index is 0.000000605. The first-order chi connectivity index (χ1) is 4.86. The number of rotatable bonds is 0. The van der Waals surface area contributed by atoms with Crippen molar-refractivity contribution in [2.75, 3.05) is 0 Å². The average Bonchev–Trinajstić information content (AvgIpc) is 2.33. The van der Waals surface area contributed by atoms with E-state index in [0.29, 0.717) is 0 Å². The lowest BCUT2D eigenvalue weighted by Crippen LogP contribution is -2.08. The second-order valence-electron chi connectivity index (χ2n) is 2.03. The van der Waals surface area contributed by atoms with Gasteiger partial charge in [-0.3, -0.25) is 9.79 Å². The lowest BCUT2D eigenvalue weighted by Gasteiger charge is -1.98. The first-order valence-corrected chi connectivity index (χ1v) is 2.91. The molecule has 0 aromatic carbocycles. The molecule has 0 bridgehead atoms. The van der Waals surface area contributed by atoms with Crippen LogP contribution in [0.2, 0.25) is 0 Å². The highest BCUT2D eigenvalue weighted by molar-refractivity contribution is 6.43. The van der Waals surface area contributed by atoms with Gasteiger partial charge < -0.3 is 0 Å². The van der Waals surface area contributed by atoms with E-state index in [1.807, 2.05) is 0 Å². The molecule has 2 rings (SSSR count). The van der Waals surface area contributed by atoms with Crippen LogP contribution in [0.4, 0.5) is 0 Å². The Labute approximate surface area is 81.8 Å². The fourth-order valence-electron chi connectivity index (χ4n) is 0.883. The van der Waals surface area contributed by atoms with Crippen LogP contribution in [0.1, 0.15) is 0 Å². The number of fused-ring (bicyclic) bond motifs is 1. The highest BCUT2D eigenvalue weighted by Crippen LogP contribution is 2.10. The fraction of sp³-hybridized carbons (Fsp3) is 0. The van der Waals surface area contributed by atoms with Crippen molar-refractivity contribution in [1.82, 2.24) is 0 Å². The van der Waals surface area contributed by atoms with Gasteiger partial charge in [0, 0.05) is 17.8 Å². The maximum atomic E-state index is 10.6. The maximum absolute atomic E-state index is 10.6. The van der Waals surface area contributed by atoms with E-state index in [9.17, 15) is 4.79 Å². The molecule has 1 amide bonds.